The maximum atomic E-state index is 11.8. The second kappa shape index (κ2) is 5.94. The molecule has 0 aliphatic heterocycles. The lowest BCUT2D eigenvalue weighted by Gasteiger charge is -2.15. The molecule has 0 saturated heterocycles. The van der Waals surface area contributed by atoms with Crippen molar-refractivity contribution in [2.45, 2.75) is 6.92 Å². The van der Waals surface area contributed by atoms with Gasteiger partial charge in [0.25, 0.3) is 11.7 Å². The van der Waals surface area contributed by atoms with Crippen LogP contribution in [0.1, 0.15) is 16.2 Å². The fraction of sp³-hybridized carbons (Fsp3) is 0.333. The van der Waals surface area contributed by atoms with Crippen LogP contribution in [0.4, 0.5) is 0 Å². The molecule has 1 amide bonds. The van der Waals surface area contributed by atoms with Crippen LogP contribution in [-0.2, 0) is 0 Å². The van der Waals surface area contributed by atoms with Gasteiger partial charge >= 0.3 is 0 Å². The van der Waals surface area contributed by atoms with Crippen LogP contribution in [-0.4, -0.2) is 51.6 Å². The number of nitrogens with one attached hydrogen (secondary N) is 1. The van der Waals surface area contributed by atoms with Gasteiger partial charge in [-0.25, -0.2) is 0 Å². The molecule has 0 spiro atoms. The lowest BCUT2D eigenvalue weighted by Crippen LogP contribution is -2.31. The minimum Gasteiger partial charge on any atom is -0.492 e. The topological polar surface area (TPSA) is 84.0 Å². The number of hydrogen-bond acceptors (Lipinski definition) is 5. The largest absolute Gasteiger partial charge is 0.492 e. The third-order valence-electron chi connectivity index (χ3n) is 2.60. The fourth-order valence-corrected chi connectivity index (χ4v) is 1.46. The average Bonchev–Trinajstić information content (AvgIpc) is 2.94. The molecular formula is C12H15N5O2. The van der Waals surface area contributed by atoms with Gasteiger partial charge in [-0.2, -0.15) is 5.21 Å². The minimum atomic E-state index is -0.291. The molecule has 1 aromatic carbocycles. The number of aryl methyl sites for hydroxylation is 1. The van der Waals surface area contributed by atoms with Crippen molar-refractivity contribution in [2.24, 2.45) is 0 Å². The Labute approximate surface area is 110 Å². The van der Waals surface area contributed by atoms with Crippen LogP contribution in [0.5, 0.6) is 5.75 Å². The van der Waals surface area contributed by atoms with E-state index in [9.17, 15) is 4.79 Å². The number of ether oxygens (including phenoxy) is 1. The number of aromatic nitrogens is 4. The second-order valence-electron chi connectivity index (χ2n) is 4.12. The third kappa shape index (κ3) is 3.51. The van der Waals surface area contributed by atoms with E-state index in [1.807, 2.05) is 31.2 Å². The Kier molecular flexibility index (Phi) is 4.07. The Bertz CT molecular complexity index is 524. The molecule has 0 aliphatic carbocycles. The SMILES string of the molecule is Cc1ccc(OCCN(C)C(=O)c2nn[nH]n2)cc1. The van der Waals surface area contributed by atoms with Crippen LogP contribution in [0, 0.1) is 6.92 Å². The molecule has 0 fully saturated rings. The highest BCUT2D eigenvalue weighted by molar-refractivity contribution is 5.89. The van der Waals surface area contributed by atoms with E-state index in [-0.39, 0.29) is 11.7 Å². The predicted molar refractivity (Wildman–Crippen MR) is 67.8 cm³/mol. The van der Waals surface area contributed by atoms with Crippen LogP contribution >= 0.6 is 0 Å². The molecule has 7 heteroatoms. The van der Waals surface area contributed by atoms with Crippen molar-refractivity contribution >= 4 is 5.91 Å². The monoisotopic (exact) mass is 261 g/mol. The van der Waals surface area contributed by atoms with Crippen molar-refractivity contribution in [3.05, 3.63) is 35.7 Å². The Morgan fingerprint density at radius 3 is 2.74 bits per heavy atom. The maximum Gasteiger partial charge on any atom is 0.295 e. The quantitative estimate of drug-likeness (QED) is 0.854. The fourth-order valence-electron chi connectivity index (χ4n) is 1.46. The number of H-pyrrole nitrogens is 1. The summed E-state index contributed by atoms with van der Waals surface area (Å²) in [5.41, 5.74) is 1.18. The Morgan fingerprint density at radius 2 is 2.11 bits per heavy atom. The van der Waals surface area contributed by atoms with Crippen LogP contribution in [0.2, 0.25) is 0 Å². The molecular weight excluding hydrogens is 246 g/mol. The summed E-state index contributed by atoms with van der Waals surface area (Å²) in [6.07, 6.45) is 0. The van der Waals surface area contributed by atoms with Gasteiger partial charge in [0.2, 0.25) is 0 Å². The first-order valence-electron chi connectivity index (χ1n) is 5.85. The van der Waals surface area contributed by atoms with Gasteiger partial charge in [0, 0.05) is 7.05 Å². The number of aromatic amines is 1. The first-order valence-corrected chi connectivity index (χ1v) is 5.85. The summed E-state index contributed by atoms with van der Waals surface area (Å²) in [6.45, 7) is 2.87. The first-order chi connectivity index (χ1) is 9.16. The van der Waals surface area contributed by atoms with Crippen LogP contribution in [0.3, 0.4) is 0 Å². The molecule has 1 aromatic heterocycles. The van der Waals surface area contributed by atoms with E-state index >= 15 is 0 Å². The van der Waals surface area contributed by atoms with Gasteiger partial charge in [0.15, 0.2) is 0 Å². The number of carbonyl (C=O) groups is 1. The number of likely N-dealkylation sites (N-methyl/N-ethyl adjacent to an activating group) is 1. The van der Waals surface area contributed by atoms with E-state index in [1.165, 1.54) is 10.5 Å². The molecule has 0 aliphatic rings. The molecule has 2 rings (SSSR count). The highest BCUT2D eigenvalue weighted by Crippen LogP contribution is 2.11. The van der Waals surface area contributed by atoms with Crippen LogP contribution in [0.15, 0.2) is 24.3 Å². The Balaban J connectivity index is 1.79. The Hall–Kier alpha value is -2.44. The zero-order chi connectivity index (χ0) is 13.7. The van der Waals surface area contributed by atoms with Crippen molar-refractivity contribution in [3.8, 4) is 5.75 Å². The van der Waals surface area contributed by atoms with Gasteiger partial charge in [-0.3, -0.25) is 4.79 Å². The van der Waals surface area contributed by atoms with Crippen molar-refractivity contribution in [1.29, 1.82) is 0 Å². The lowest BCUT2D eigenvalue weighted by atomic mass is 10.2. The summed E-state index contributed by atoms with van der Waals surface area (Å²) in [4.78, 5) is 13.3. The highest BCUT2D eigenvalue weighted by atomic mass is 16.5. The molecule has 100 valence electrons. The zero-order valence-electron chi connectivity index (χ0n) is 10.8. The van der Waals surface area contributed by atoms with E-state index in [2.05, 4.69) is 20.6 Å². The van der Waals surface area contributed by atoms with E-state index in [0.717, 1.165) is 5.75 Å². The molecule has 1 N–H and O–H groups in total. The van der Waals surface area contributed by atoms with Gasteiger partial charge in [-0.1, -0.05) is 17.7 Å². The van der Waals surface area contributed by atoms with Gasteiger partial charge in [-0.15, -0.1) is 10.2 Å². The van der Waals surface area contributed by atoms with E-state index in [0.29, 0.717) is 13.2 Å². The van der Waals surface area contributed by atoms with E-state index in [4.69, 9.17) is 4.74 Å². The van der Waals surface area contributed by atoms with E-state index < -0.39 is 0 Å². The minimum absolute atomic E-state index is 0.0536. The summed E-state index contributed by atoms with van der Waals surface area (Å²) in [5.74, 6) is 0.546. The number of benzene rings is 1. The van der Waals surface area contributed by atoms with Crippen LogP contribution in [0.25, 0.3) is 0 Å². The average molecular weight is 261 g/mol. The predicted octanol–water partition coefficient (Wildman–Crippen LogP) is 0.659. The standard InChI is InChI=1S/C12H15N5O2/c1-9-3-5-10(6-4-9)19-8-7-17(2)12(18)11-13-15-16-14-11/h3-6H,7-8H2,1-2H3,(H,13,14,15,16). The number of hydrogen-bond donors (Lipinski definition) is 1. The number of tetrazole rings is 1. The summed E-state index contributed by atoms with van der Waals surface area (Å²) in [5, 5.41) is 12.9. The second-order valence-corrected chi connectivity index (χ2v) is 4.12. The lowest BCUT2D eigenvalue weighted by molar-refractivity contribution is 0.0762. The van der Waals surface area contributed by atoms with Gasteiger partial charge in [0.05, 0.1) is 6.54 Å². The summed E-state index contributed by atoms with van der Waals surface area (Å²) < 4.78 is 5.54. The van der Waals surface area contributed by atoms with Gasteiger partial charge in [-0.05, 0) is 24.3 Å². The molecule has 19 heavy (non-hydrogen) atoms. The number of carbonyl (C=O) groups excluding carboxylic acids is 1. The van der Waals surface area contributed by atoms with Gasteiger partial charge in [0.1, 0.15) is 12.4 Å². The molecule has 0 saturated carbocycles. The van der Waals surface area contributed by atoms with Crippen molar-refractivity contribution in [3.63, 3.8) is 0 Å². The summed E-state index contributed by atoms with van der Waals surface area (Å²) >= 11 is 0. The first kappa shape index (κ1) is 13.0. The maximum absolute atomic E-state index is 11.8. The van der Waals surface area contributed by atoms with E-state index in [1.54, 1.807) is 7.05 Å². The van der Waals surface area contributed by atoms with Crippen molar-refractivity contribution < 1.29 is 9.53 Å². The Morgan fingerprint density at radius 1 is 1.37 bits per heavy atom. The molecule has 0 atom stereocenters. The number of rotatable bonds is 5. The van der Waals surface area contributed by atoms with Crippen LogP contribution < -0.4 is 4.74 Å². The normalized spacial score (nSPS) is 10.2. The third-order valence-corrected chi connectivity index (χ3v) is 2.60. The number of amides is 1. The molecule has 0 radical (unpaired) electrons. The highest BCUT2D eigenvalue weighted by Gasteiger charge is 2.15. The van der Waals surface area contributed by atoms with Gasteiger partial charge < -0.3 is 9.64 Å². The summed E-state index contributed by atoms with van der Waals surface area (Å²) in [6, 6.07) is 7.75. The van der Waals surface area contributed by atoms with Crippen molar-refractivity contribution in [2.75, 3.05) is 20.2 Å². The molecule has 0 bridgehead atoms. The smallest absolute Gasteiger partial charge is 0.295 e. The summed E-state index contributed by atoms with van der Waals surface area (Å²) in [7, 11) is 1.66. The number of nitrogens with zero attached hydrogens (tertiary/aromatic N) is 4. The van der Waals surface area contributed by atoms with Crippen molar-refractivity contribution in [1.82, 2.24) is 25.5 Å². The molecule has 2 aromatic rings. The molecule has 0 unspecified atom stereocenters. The molecule has 1 heterocycles. The zero-order valence-corrected chi connectivity index (χ0v) is 10.8. The molecule has 7 nitrogen and oxygen atoms in total.